The Morgan fingerprint density at radius 3 is 2.22 bits per heavy atom. The van der Waals surface area contributed by atoms with Gasteiger partial charge in [0.05, 0.1) is 23.7 Å². The predicted octanol–water partition coefficient (Wildman–Crippen LogP) is 3.43. The molecule has 0 spiro atoms. The molecule has 0 N–H and O–H groups in total. The number of esters is 1. The van der Waals surface area contributed by atoms with E-state index in [-0.39, 0.29) is 34.7 Å². The Kier molecular flexibility index (Phi) is 7.17. The quantitative estimate of drug-likeness (QED) is 0.486. The van der Waals surface area contributed by atoms with Gasteiger partial charge >= 0.3 is 5.97 Å². The van der Waals surface area contributed by atoms with Crippen LogP contribution in [0.4, 0.5) is 0 Å². The maximum atomic E-state index is 12.8. The van der Waals surface area contributed by atoms with Crippen molar-refractivity contribution >= 4 is 21.8 Å². The van der Waals surface area contributed by atoms with E-state index >= 15 is 0 Å². The highest BCUT2D eigenvalue weighted by molar-refractivity contribution is 7.89. The fourth-order valence-corrected chi connectivity index (χ4v) is 4.83. The Morgan fingerprint density at radius 2 is 1.62 bits per heavy atom. The summed E-state index contributed by atoms with van der Waals surface area (Å²) in [4.78, 5) is 25.3. The van der Waals surface area contributed by atoms with E-state index in [1.807, 2.05) is 12.1 Å². The first kappa shape index (κ1) is 24.1. The maximum Gasteiger partial charge on any atom is 0.338 e. The second-order valence-corrected chi connectivity index (χ2v) is 10.7. The van der Waals surface area contributed by atoms with E-state index in [1.165, 1.54) is 35.5 Å². The third-order valence-corrected chi connectivity index (χ3v) is 7.26. The van der Waals surface area contributed by atoms with Gasteiger partial charge < -0.3 is 9.47 Å². The van der Waals surface area contributed by atoms with Crippen molar-refractivity contribution in [1.29, 1.82) is 0 Å². The largest absolute Gasteiger partial charge is 0.451 e. The molecule has 1 fully saturated rings. The lowest BCUT2D eigenvalue weighted by atomic mass is 9.86. The van der Waals surface area contributed by atoms with Crippen LogP contribution < -0.4 is 0 Å². The van der Waals surface area contributed by atoms with Crippen LogP contribution in [0.1, 0.15) is 54.0 Å². The zero-order valence-corrected chi connectivity index (χ0v) is 19.6. The third kappa shape index (κ3) is 5.43. The first-order valence-corrected chi connectivity index (χ1v) is 12.0. The summed E-state index contributed by atoms with van der Waals surface area (Å²) >= 11 is 0. The minimum atomic E-state index is -3.74. The standard InChI is InChI=1S/C24H29NO6S/c1-17(22(26)18-8-10-20(11-9-18)24(2,3)4)31-23(27)19-6-5-7-21(16-19)32(28,29)25-12-14-30-15-13-25/h5-11,16-17H,12-15H2,1-4H3. The number of sulfonamides is 1. The molecule has 7 nitrogen and oxygen atoms in total. The van der Waals surface area contributed by atoms with Gasteiger partial charge in [0.1, 0.15) is 0 Å². The van der Waals surface area contributed by atoms with Crippen molar-refractivity contribution < 1.29 is 27.5 Å². The molecule has 2 aromatic rings. The van der Waals surface area contributed by atoms with Crippen molar-refractivity contribution in [2.24, 2.45) is 0 Å². The molecule has 1 aliphatic heterocycles. The maximum absolute atomic E-state index is 12.8. The van der Waals surface area contributed by atoms with Gasteiger partial charge in [0.15, 0.2) is 6.10 Å². The van der Waals surface area contributed by atoms with Gasteiger partial charge in [0, 0.05) is 18.7 Å². The molecular weight excluding hydrogens is 430 g/mol. The van der Waals surface area contributed by atoms with Crippen LogP contribution in [0.5, 0.6) is 0 Å². The molecule has 0 aliphatic carbocycles. The normalized spacial score (nSPS) is 16.4. The molecule has 8 heteroatoms. The van der Waals surface area contributed by atoms with Crippen LogP contribution in [0.2, 0.25) is 0 Å². The van der Waals surface area contributed by atoms with Gasteiger partial charge in [0.25, 0.3) is 0 Å². The molecule has 1 unspecified atom stereocenters. The average molecular weight is 460 g/mol. The number of benzene rings is 2. The van der Waals surface area contributed by atoms with Crippen LogP contribution in [-0.2, 0) is 24.9 Å². The number of ether oxygens (including phenoxy) is 2. The molecule has 1 aliphatic rings. The van der Waals surface area contributed by atoms with Gasteiger partial charge in [-0.3, -0.25) is 4.79 Å². The molecule has 32 heavy (non-hydrogen) atoms. The highest BCUT2D eigenvalue weighted by Crippen LogP contribution is 2.23. The van der Waals surface area contributed by atoms with Crippen LogP contribution in [0, 0.1) is 0 Å². The number of hydrogen-bond donors (Lipinski definition) is 0. The van der Waals surface area contributed by atoms with Gasteiger partial charge in [-0.15, -0.1) is 0 Å². The van der Waals surface area contributed by atoms with Gasteiger partial charge in [0.2, 0.25) is 15.8 Å². The van der Waals surface area contributed by atoms with Crippen molar-refractivity contribution in [3.05, 3.63) is 65.2 Å². The van der Waals surface area contributed by atoms with Gasteiger partial charge in [-0.05, 0) is 36.1 Å². The van der Waals surface area contributed by atoms with Crippen molar-refractivity contribution in [3.8, 4) is 0 Å². The molecule has 2 aromatic carbocycles. The summed E-state index contributed by atoms with van der Waals surface area (Å²) in [5.41, 5.74) is 1.58. The van der Waals surface area contributed by atoms with E-state index in [9.17, 15) is 18.0 Å². The fourth-order valence-electron chi connectivity index (χ4n) is 3.37. The summed E-state index contributed by atoms with van der Waals surface area (Å²) in [6.45, 7) is 8.94. The molecule has 0 saturated carbocycles. The van der Waals surface area contributed by atoms with Crippen molar-refractivity contribution in [3.63, 3.8) is 0 Å². The van der Waals surface area contributed by atoms with Crippen molar-refractivity contribution in [1.82, 2.24) is 4.31 Å². The minimum Gasteiger partial charge on any atom is -0.451 e. The number of Topliss-reactive ketones (excluding diaryl/α,β-unsaturated/α-hetero) is 1. The van der Waals surface area contributed by atoms with E-state index in [0.717, 1.165) is 5.56 Å². The predicted molar refractivity (Wildman–Crippen MR) is 120 cm³/mol. The van der Waals surface area contributed by atoms with Gasteiger partial charge in [-0.2, -0.15) is 4.31 Å². The van der Waals surface area contributed by atoms with Crippen LogP contribution in [-0.4, -0.2) is 56.9 Å². The monoisotopic (exact) mass is 459 g/mol. The third-order valence-electron chi connectivity index (χ3n) is 5.37. The first-order chi connectivity index (χ1) is 15.0. The van der Waals surface area contributed by atoms with Gasteiger partial charge in [-0.1, -0.05) is 51.1 Å². The Hall–Kier alpha value is -2.55. The zero-order valence-electron chi connectivity index (χ0n) is 18.8. The second-order valence-electron chi connectivity index (χ2n) is 8.78. The van der Waals surface area contributed by atoms with Crippen LogP contribution >= 0.6 is 0 Å². The zero-order chi connectivity index (χ0) is 23.5. The summed E-state index contributed by atoms with van der Waals surface area (Å²) in [7, 11) is -3.74. The molecule has 0 amide bonds. The molecule has 172 valence electrons. The van der Waals surface area contributed by atoms with Crippen LogP contribution in [0.25, 0.3) is 0 Å². The fraction of sp³-hybridized carbons (Fsp3) is 0.417. The van der Waals surface area contributed by atoms with E-state index in [0.29, 0.717) is 18.8 Å². The Morgan fingerprint density at radius 1 is 1.00 bits per heavy atom. The topological polar surface area (TPSA) is 90.0 Å². The van der Waals surface area contributed by atoms with E-state index in [4.69, 9.17) is 9.47 Å². The number of carbonyl (C=O) groups is 2. The van der Waals surface area contributed by atoms with E-state index < -0.39 is 22.1 Å². The summed E-state index contributed by atoms with van der Waals surface area (Å²) < 4.78 is 37.6. The summed E-state index contributed by atoms with van der Waals surface area (Å²) in [6, 6.07) is 12.9. The number of hydrogen-bond acceptors (Lipinski definition) is 6. The molecule has 3 rings (SSSR count). The molecule has 1 heterocycles. The molecule has 0 aromatic heterocycles. The summed E-state index contributed by atoms with van der Waals surface area (Å²) in [6.07, 6.45) is -1.01. The van der Waals surface area contributed by atoms with Crippen LogP contribution in [0.3, 0.4) is 0 Å². The Balaban J connectivity index is 1.71. The SMILES string of the molecule is CC(OC(=O)c1cccc(S(=O)(=O)N2CCOCC2)c1)C(=O)c1ccc(C(C)(C)C)cc1. The van der Waals surface area contributed by atoms with Crippen LogP contribution in [0.15, 0.2) is 53.4 Å². The lowest BCUT2D eigenvalue weighted by Gasteiger charge is -2.26. The molecule has 0 radical (unpaired) electrons. The molecule has 0 bridgehead atoms. The molecular formula is C24H29NO6S. The lowest BCUT2D eigenvalue weighted by molar-refractivity contribution is 0.0318. The second kappa shape index (κ2) is 9.52. The number of ketones is 1. The smallest absolute Gasteiger partial charge is 0.338 e. The number of carbonyl (C=O) groups excluding carboxylic acids is 2. The molecule has 1 atom stereocenters. The van der Waals surface area contributed by atoms with Crippen molar-refractivity contribution in [2.75, 3.05) is 26.3 Å². The molecule has 1 saturated heterocycles. The first-order valence-electron chi connectivity index (χ1n) is 10.5. The summed E-state index contributed by atoms with van der Waals surface area (Å²) in [5, 5.41) is 0. The van der Waals surface area contributed by atoms with E-state index in [1.54, 1.807) is 12.1 Å². The van der Waals surface area contributed by atoms with Crippen molar-refractivity contribution in [2.45, 2.75) is 44.1 Å². The van der Waals surface area contributed by atoms with E-state index in [2.05, 4.69) is 20.8 Å². The highest BCUT2D eigenvalue weighted by atomic mass is 32.2. The summed E-state index contributed by atoms with van der Waals surface area (Å²) in [5.74, 6) is -1.08. The number of morpholine rings is 1. The average Bonchev–Trinajstić information content (AvgIpc) is 2.78. The highest BCUT2D eigenvalue weighted by Gasteiger charge is 2.28. The Bertz CT molecular complexity index is 1080. The number of rotatable bonds is 6. The Labute approximate surface area is 189 Å². The number of nitrogens with zero attached hydrogens (tertiary/aromatic N) is 1. The minimum absolute atomic E-state index is 0.00518. The van der Waals surface area contributed by atoms with Gasteiger partial charge in [-0.25, -0.2) is 13.2 Å². The lowest BCUT2D eigenvalue weighted by Crippen LogP contribution is -2.40.